The average molecular weight is 393 g/mol. The molecule has 0 aromatic carbocycles. The number of carbonyl (C=O) groups excluding carboxylic acids is 1. The molecular formula is C21H33ClN4O. The van der Waals surface area contributed by atoms with E-state index in [0.29, 0.717) is 29.9 Å². The van der Waals surface area contributed by atoms with Crippen LogP contribution in [0.15, 0.2) is 53.1 Å². The van der Waals surface area contributed by atoms with E-state index in [1.807, 2.05) is 32.1 Å². The summed E-state index contributed by atoms with van der Waals surface area (Å²) in [5.74, 6) is 0.908. The Bertz CT molecular complexity index is 587. The predicted octanol–water partition coefficient (Wildman–Crippen LogP) is 3.25. The number of nitrogens with zero attached hydrogens (tertiary/aromatic N) is 2. The third-order valence-electron chi connectivity index (χ3n) is 4.50. The Kier molecular flexibility index (Phi) is 11.5. The van der Waals surface area contributed by atoms with Crippen LogP contribution < -0.4 is 11.1 Å². The molecule has 2 rings (SSSR count). The quantitative estimate of drug-likeness (QED) is 0.653. The number of rotatable bonds is 7. The summed E-state index contributed by atoms with van der Waals surface area (Å²) in [4.78, 5) is 18.6. The van der Waals surface area contributed by atoms with Gasteiger partial charge < -0.3 is 16.0 Å². The highest BCUT2D eigenvalue weighted by molar-refractivity contribution is 6.31. The first-order valence-corrected chi connectivity index (χ1v) is 10.1. The van der Waals surface area contributed by atoms with Gasteiger partial charge in [-0.05, 0) is 44.0 Å². The second-order valence-corrected chi connectivity index (χ2v) is 6.78. The topological polar surface area (TPSA) is 70.7 Å². The lowest BCUT2D eigenvalue weighted by Crippen LogP contribution is -2.41. The van der Waals surface area contributed by atoms with Crippen LogP contribution in [0.2, 0.25) is 0 Å². The maximum atomic E-state index is 12.1. The molecule has 2 aliphatic heterocycles. The molecule has 5 nitrogen and oxygen atoms in total. The number of piperidine rings is 1. The normalized spacial score (nSPS) is 21.4. The maximum Gasteiger partial charge on any atom is 0.228 e. The smallest absolute Gasteiger partial charge is 0.228 e. The van der Waals surface area contributed by atoms with Gasteiger partial charge in [0.2, 0.25) is 5.91 Å². The van der Waals surface area contributed by atoms with Crippen molar-refractivity contribution in [3.8, 4) is 0 Å². The highest BCUT2D eigenvalue weighted by Crippen LogP contribution is 2.18. The molecule has 0 saturated carbocycles. The van der Waals surface area contributed by atoms with Crippen LogP contribution in [0.1, 0.15) is 26.7 Å². The molecule has 3 N–H and O–H groups in total. The zero-order valence-corrected chi connectivity index (χ0v) is 17.3. The number of carbonyl (C=O) groups is 1. The fourth-order valence-corrected chi connectivity index (χ4v) is 2.99. The molecule has 2 aliphatic rings. The van der Waals surface area contributed by atoms with Gasteiger partial charge in [0.05, 0.1) is 12.5 Å². The van der Waals surface area contributed by atoms with Gasteiger partial charge in [0.1, 0.15) is 5.84 Å². The van der Waals surface area contributed by atoms with Crippen LogP contribution in [0.4, 0.5) is 0 Å². The molecule has 27 heavy (non-hydrogen) atoms. The Morgan fingerprint density at radius 2 is 2.15 bits per heavy atom. The Hall–Kier alpha value is -1.85. The lowest BCUT2D eigenvalue weighted by Gasteiger charge is -2.30. The molecule has 0 bridgehead atoms. The van der Waals surface area contributed by atoms with Crippen molar-refractivity contribution in [2.45, 2.75) is 26.7 Å². The molecule has 1 saturated heterocycles. The van der Waals surface area contributed by atoms with Gasteiger partial charge >= 0.3 is 0 Å². The number of nitrogens with two attached hydrogens (primary N) is 1. The summed E-state index contributed by atoms with van der Waals surface area (Å²) in [6.45, 7) is 11.7. The average Bonchev–Trinajstić information content (AvgIpc) is 2.71. The zero-order valence-electron chi connectivity index (χ0n) is 16.5. The Morgan fingerprint density at radius 3 is 2.74 bits per heavy atom. The first-order valence-electron chi connectivity index (χ1n) is 9.73. The van der Waals surface area contributed by atoms with E-state index < -0.39 is 0 Å². The van der Waals surface area contributed by atoms with Gasteiger partial charge in [-0.2, -0.15) is 0 Å². The summed E-state index contributed by atoms with van der Waals surface area (Å²) in [7, 11) is 0. The molecule has 1 unspecified atom stereocenters. The Labute approximate surface area is 168 Å². The largest absolute Gasteiger partial charge is 0.384 e. The van der Waals surface area contributed by atoms with Crippen LogP contribution >= 0.6 is 11.6 Å². The molecule has 0 spiro atoms. The monoisotopic (exact) mass is 392 g/mol. The van der Waals surface area contributed by atoms with E-state index in [2.05, 4.69) is 27.9 Å². The molecule has 0 aromatic heterocycles. The summed E-state index contributed by atoms with van der Waals surface area (Å²) in [6.07, 6.45) is 13.5. The second kappa shape index (κ2) is 13.3. The summed E-state index contributed by atoms with van der Waals surface area (Å²) < 4.78 is 0. The molecular weight excluding hydrogens is 360 g/mol. The van der Waals surface area contributed by atoms with Crippen LogP contribution in [0.5, 0.6) is 0 Å². The molecule has 2 heterocycles. The Morgan fingerprint density at radius 1 is 1.44 bits per heavy atom. The van der Waals surface area contributed by atoms with E-state index in [1.165, 1.54) is 0 Å². The van der Waals surface area contributed by atoms with Gasteiger partial charge in [-0.15, -0.1) is 0 Å². The minimum Gasteiger partial charge on any atom is -0.384 e. The van der Waals surface area contributed by atoms with Crippen molar-refractivity contribution in [1.82, 2.24) is 10.2 Å². The van der Waals surface area contributed by atoms with Gasteiger partial charge in [-0.25, -0.2) is 0 Å². The van der Waals surface area contributed by atoms with Crippen LogP contribution in [-0.2, 0) is 4.79 Å². The minimum atomic E-state index is -0.196. The number of amides is 1. The molecule has 1 fully saturated rings. The standard InChI is InChI=1S/C19H27ClN4O.C2H6/c1-2-17(20)5-3-4-15-8-11-24(12-9-15)13-10-22-19(25)16-6-7-18(21)23-14-16;1-2/h2-7,15-16H,1,8-14H2,(H2,21,23)(H,22,25);1-2H3/b4-3+,17-5+;. The van der Waals surface area contributed by atoms with E-state index in [1.54, 1.807) is 12.2 Å². The predicted molar refractivity (Wildman–Crippen MR) is 116 cm³/mol. The van der Waals surface area contributed by atoms with Crippen molar-refractivity contribution in [2.75, 3.05) is 32.7 Å². The minimum absolute atomic E-state index is 0.0243. The van der Waals surface area contributed by atoms with Crippen LogP contribution in [0.3, 0.4) is 0 Å². The lowest BCUT2D eigenvalue weighted by molar-refractivity contribution is -0.123. The first kappa shape index (κ1) is 23.2. The molecule has 1 atom stereocenters. The van der Waals surface area contributed by atoms with E-state index in [4.69, 9.17) is 17.3 Å². The van der Waals surface area contributed by atoms with Gasteiger partial charge in [-0.3, -0.25) is 9.79 Å². The number of allylic oxidation sites excluding steroid dienone is 5. The van der Waals surface area contributed by atoms with Crippen LogP contribution in [0.25, 0.3) is 0 Å². The number of aliphatic imine (C=N–C) groups is 1. The number of likely N-dealkylation sites (tertiary alicyclic amines) is 1. The SMILES string of the molecule is C=C/C(Cl)=C\C=C\C1CCN(CCNC(=O)C2C=CC(N)=NC2)CC1.CC. The number of dihydropyridines is 1. The fraction of sp³-hybridized carbons (Fsp3) is 0.524. The number of amidine groups is 1. The second-order valence-electron chi connectivity index (χ2n) is 6.34. The molecule has 0 aromatic rings. The first-order chi connectivity index (χ1) is 13.1. The fourth-order valence-electron chi connectivity index (χ4n) is 2.91. The summed E-state index contributed by atoms with van der Waals surface area (Å²) in [5.41, 5.74) is 5.56. The van der Waals surface area contributed by atoms with Crippen molar-refractivity contribution >= 4 is 23.3 Å². The van der Waals surface area contributed by atoms with Crippen LogP contribution in [0, 0.1) is 11.8 Å². The van der Waals surface area contributed by atoms with Crippen LogP contribution in [-0.4, -0.2) is 49.4 Å². The molecule has 6 heteroatoms. The van der Waals surface area contributed by atoms with E-state index >= 15 is 0 Å². The van der Waals surface area contributed by atoms with Crippen molar-refractivity contribution < 1.29 is 4.79 Å². The molecule has 0 aliphatic carbocycles. The van der Waals surface area contributed by atoms with Gasteiger partial charge in [-0.1, -0.05) is 56.3 Å². The van der Waals surface area contributed by atoms with Gasteiger partial charge in [0, 0.05) is 18.1 Å². The molecule has 1 amide bonds. The van der Waals surface area contributed by atoms with Gasteiger partial charge in [0.15, 0.2) is 0 Å². The van der Waals surface area contributed by atoms with E-state index in [0.717, 1.165) is 32.5 Å². The zero-order chi connectivity index (χ0) is 20.1. The van der Waals surface area contributed by atoms with E-state index in [9.17, 15) is 4.79 Å². The lowest BCUT2D eigenvalue weighted by atomic mass is 9.96. The third kappa shape index (κ3) is 9.07. The maximum absolute atomic E-state index is 12.1. The van der Waals surface area contributed by atoms with Crippen molar-refractivity contribution in [3.05, 3.63) is 48.1 Å². The highest BCUT2D eigenvalue weighted by atomic mass is 35.5. The summed E-state index contributed by atoms with van der Waals surface area (Å²) in [5, 5.41) is 3.65. The van der Waals surface area contributed by atoms with Crippen molar-refractivity contribution in [3.63, 3.8) is 0 Å². The third-order valence-corrected chi connectivity index (χ3v) is 4.78. The van der Waals surface area contributed by atoms with Gasteiger partial charge in [0.25, 0.3) is 0 Å². The number of nitrogens with one attached hydrogen (secondary N) is 1. The van der Waals surface area contributed by atoms with Crippen molar-refractivity contribution in [1.29, 1.82) is 0 Å². The summed E-state index contributed by atoms with van der Waals surface area (Å²) in [6, 6.07) is 0. The molecule has 150 valence electrons. The number of halogens is 1. The summed E-state index contributed by atoms with van der Waals surface area (Å²) >= 11 is 5.88. The van der Waals surface area contributed by atoms with Crippen molar-refractivity contribution in [2.24, 2.45) is 22.6 Å². The Balaban J connectivity index is 0.00000176. The van der Waals surface area contributed by atoms with E-state index in [-0.39, 0.29) is 11.8 Å². The number of hydrogen-bond acceptors (Lipinski definition) is 4. The number of hydrogen-bond donors (Lipinski definition) is 2. The molecule has 0 radical (unpaired) electrons. The highest BCUT2D eigenvalue weighted by Gasteiger charge is 2.19.